The number of hydrogen-bond donors (Lipinski definition) is 1. The highest BCUT2D eigenvalue weighted by Gasteiger charge is 2.20. The number of anilines is 1. The van der Waals surface area contributed by atoms with E-state index >= 15 is 0 Å². The van der Waals surface area contributed by atoms with E-state index in [1.807, 2.05) is 23.1 Å². The number of nitrogens with zero attached hydrogens (tertiary/aromatic N) is 1. The molecule has 1 atom stereocenters. The van der Waals surface area contributed by atoms with Gasteiger partial charge in [-0.2, -0.15) is 0 Å². The Kier molecular flexibility index (Phi) is 7.13. The summed E-state index contributed by atoms with van der Waals surface area (Å²) in [6.07, 6.45) is 5.54. The molecule has 20 heavy (non-hydrogen) atoms. The van der Waals surface area contributed by atoms with Gasteiger partial charge in [0, 0.05) is 23.8 Å². The van der Waals surface area contributed by atoms with Crippen LogP contribution in [0.3, 0.4) is 0 Å². The summed E-state index contributed by atoms with van der Waals surface area (Å²) in [6, 6.07) is 7.56. The van der Waals surface area contributed by atoms with E-state index in [0.29, 0.717) is 11.3 Å². The van der Waals surface area contributed by atoms with Crippen LogP contribution in [0.5, 0.6) is 0 Å². The highest BCUT2D eigenvalue weighted by atomic mass is 16.2. The van der Waals surface area contributed by atoms with Crippen LogP contribution in [0, 0.1) is 0 Å². The minimum Gasteiger partial charge on any atom is -0.399 e. The molecule has 0 aliphatic heterocycles. The standard InChI is InChI=1S/C17H28N2O/c1-4-6-7-12-19(14(3)9-5-2)17(20)15-10-8-11-16(18)13-15/h8,10-11,13-14H,4-7,9,12,18H2,1-3H3. The van der Waals surface area contributed by atoms with Crippen molar-refractivity contribution in [2.24, 2.45) is 0 Å². The molecular formula is C17H28N2O. The van der Waals surface area contributed by atoms with Crippen LogP contribution in [0.15, 0.2) is 24.3 Å². The van der Waals surface area contributed by atoms with Crippen molar-refractivity contribution >= 4 is 11.6 Å². The van der Waals surface area contributed by atoms with Gasteiger partial charge in [0.25, 0.3) is 5.91 Å². The Labute approximate surface area is 123 Å². The molecule has 0 aliphatic rings. The molecule has 0 radical (unpaired) electrons. The number of amides is 1. The van der Waals surface area contributed by atoms with Gasteiger partial charge >= 0.3 is 0 Å². The van der Waals surface area contributed by atoms with E-state index in [-0.39, 0.29) is 11.9 Å². The Morgan fingerprint density at radius 2 is 2.00 bits per heavy atom. The van der Waals surface area contributed by atoms with Gasteiger partial charge in [-0.25, -0.2) is 0 Å². The Bertz CT molecular complexity index is 417. The second-order valence-corrected chi connectivity index (χ2v) is 5.47. The van der Waals surface area contributed by atoms with E-state index in [1.165, 1.54) is 12.8 Å². The van der Waals surface area contributed by atoms with E-state index < -0.39 is 0 Å². The van der Waals surface area contributed by atoms with Crippen molar-refractivity contribution in [3.05, 3.63) is 29.8 Å². The minimum absolute atomic E-state index is 0.106. The summed E-state index contributed by atoms with van der Waals surface area (Å²) in [5.41, 5.74) is 7.13. The van der Waals surface area contributed by atoms with E-state index in [1.54, 1.807) is 6.07 Å². The molecule has 0 fully saturated rings. The molecule has 0 heterocycles. The number of rotatable bonds is 8. The first-order valence-corrected chi connectivity index (χ1v) is 7.76. The normalized spacial score (nSPS) is 12.2. The second kappa shape index (κ2) is 8.62. The molecule has 0 aliphatic carbocycles. The molecule has 0 saturated heterocycles. The third-order valence-corrected chi connectivity index (χ3v) is 3.64. The van der Waals surface area contributed by atoms with Crippen molar-refractivity contribution in [3.63, 3.8) is 0 Å². The van der Waals surface area contributed by atoms with Crippen molar-refractivity contribution in [2.45, 2.75) is 58.9 Å². The zero-order chi connectivity index (χ0) is 15.0. The molecule has 0 spiro atoms. The molecule has 0 bridgehead atoms. The van der Waals surface area contributed by atoms with Gasteiger partial charge < -0.3 is 10.6 Å². The zero-order valence-corrected chi connectivity index (χ0v) is 13.1. The molecule has 1 aromatic rings. The Balaban J connectivity index is 2.82. The van der Waals surface area contributed by atoms with E-state index in [0.717, 1.165) is 25.8 Å². The fourth-order valence-corrected chi connectivity index (χ4v) is 2.47. The third kappa shape index (κ3) is 4.87. The number of nitrogens with two attached hydrogens (primary N) is 1. The molecule has 3 nitrogen and oxygen atoms in total. The van der Waals surface area contributed by atoms with Crippen LogP contribution in [0.1, 0.15) is 63.2 Å². The second-order valence-electron chi connectivity index (χ2n) is 5.47. The van der Waals surface area contributed by atoms with Crippen LogP contribution in [-0.4, -0.2) is 23.4 Å². The van der Waals surface area contributed by atoms with Crippen LogP contribution in [-0.2, 0) is 0 Å². The van der Waals surface area contributed by atoms with Crippen molar-refractivity contribution in [3.8, 4) is 0 Å². The van der Waals surface area contributed by atoms with Gasteiger partial charge in [0.2, 0.25) is 0 Å². The van der Waals surface area contributed by atoms with Crippen LogP contribution in [0.2, 0.25) is 0 Å². The van der Waals surface area contributed by atoms with Gasteiger partial charge in [-0.1, -0.05) is 39.2 Å². The third-order valence-electron chi connectivity index (χ3n) is 3.64. The molecule has 1 rings (SSSR count). The highest BCUT2D eigenvalue weighted by Crippen LogP contribution is 2.15. The molecule has 0 aromatic heterocycles. The van der Waals surface area contributed by atoms with Crippen molar-refractivity contribution in [1.82, 2.24) is 4.90 Å². The highest BCUT2D eigenvalue weighted by molar-refractivity contribution is 5.95. The maximum absolute atomic E-state index is 12.7. The number of nitrogen functional groups attached to an aromatic ring is 1. The van der Waals surface area contributed by atoms with E-state index in [2.05, 4.69) is 20.8 Å². The first kappa shape index (κ1) is 16.5. The lowest BCUT2D eigenvalue weighted by atomic mass is 10.1. The Morgan fingerprint density at radius 3 is 2.60 bits per heavy atom. The number of benzene rings is 1. The lowest BCUT2D eigenvalue weighted by Gasteiger charge is -2.29. The summed E-state index contributed by atoms with van der Waals surface area (Å²) >= 11 is 0. The van der Waals surface area contributed by atoms with Crippen LogP contribution in [0.25, 0.3) is 0 Å². The summed E-state index contributed by atoms with van der Waals surface area (Å²) in [6.45, 7) is 7.31. The van der Waals surface area contributed by atoms with Crippen molar-refractivity contribution < 1.29 is 4.79 Å². The first-order valence-electron chi connectivity index (χ1n) is 7.76. The van der Waals surface area contributed by atoms with Crippen molar-refractivity contribution in [2.75, 3.05) is 12.3 Å². The molecule has 2 N–H and O–H groups in total. The van der Waals surface area contributed by atoms with Crippen molar-refractivity contribution in [1.29, 1.82) is 0 Å². The first-order chi connectivity index (χ1) is 9.60. The maximum Gasteiger partial charge on any atom is 0.254 e. The number of hydrogen-bond acceptors (Lipinski definition) is 2. The predicted octanol–water partition coefficient (Wildman–Crippen LogP) is 4.09. The molecule has 0 saturated carbocycles. The van der Waals surface area contributed by atoms with E-state index in [9.17, 15) is 4.79 Å². The van der Waals surface area contributed by atoms with Gasteiger partial charge in [0.1, 0.15) is 0 Å². The predicted molar refractivity (Wildman–Crippen MR) is 85.8 cm³/mol. The number of unbranched alkanes of at least 4 members (excludes halogenated alkanes) is 2. The lowest BCUT2D eigenvalue weighted by Crippen LogP contribution is -2.39. The molecule has 1 aromatic carbocycles. The SMILES string of the molecule is CCCCCN(C(=O)c1cccc(N)c1)C(C)CCC. The average Bonchev–Trinajstić information content (AvgIpc) is 2.43. The molecule has 1 unspecified atom stereocenters. The largest absolute Gasteiger partial charge is 0.399 e. The van der Waals surface area contributed by atoms with Crippen LogP contribution in [0.4, 0.5) is 5.69 Å². The van der Waals surface area contributed by atoms with Gasteiger partial charge in [-0.3, -0.25) is 4.79 Å². The lowest BCUT2D eigenvalue weighted by molar-refractivity contribution is 0.0679. The fourth-order valence-electron chi connectivity index (χ4n) is 2.47. The summed E-state index contributed by atoms with van der Waals surface area (Å²) in [5, 5.41) is 0. The Hall–Kier alpha value is -1.51. The molecular weight excluding hydrogens is 248 g/mol. The quantitative estimate of drug-likeness (QED) is 0.574. The topological polar surface area (TPSA) is 46.3 Å². The number of carbonyl (C=O) groups is 1. The molecule has 3 heteroatoms. The average molecular weight is 276 g/mol. The molecule has 112 valence electrons. The maximum atomic E-state index is 12.7. The minimum atomic E-state index is 0.106. The smallest absolute Gasteiger partial charge is 0.254 e. The van der Waals surface area contributed by atoms with Gasteiger partial charge in [-0.05, 0) is 38.0 Å². The summed E-state index contributed by atoms with van der Waals surface area (Å²) in [5.74, 6) is 0.106. The fraction of sp³-hybridized carbons (Fsp3) is 0.588. The zero-order valence-electron chi connectivity index (χ0n) is 13.1. The number of carbonyl (C=O) groups excluding carboxylic acids is 1. The van der Waals surface area contributed by atoms with E-state index in [4.69, 9.17) is 5.73 Å². The van der Waals surface area contributed by atoms with Crippen LogP contribution < -0.4 is 5.73 Å². The van der Waals surface area contributed by atoms with Gasteiger partial charge in [0.05, 0.1) is 0 Å². The van der Waals surface area contributed by atoms with Gasteiger partial charge in [-0.15, -0.1) is 0 Å². The summed E-state index contributed by atoms with van der Waals surface area (Å²) < 4.78 is 0. The van der Waals surface area contributed by atoms with Gasteiger partial charge in [0.15, 0.2) is 0 Å². The monoisotopic (exact) mass is 276 g/mol. The Morgan fingerprint density at radius 1 is 1.25 bits per heavy atom. The van der Waals surface area contributed by atoms with Crippen LogP contribution >= 0.6 is 0 Å². The summed E-state index contributed by atoms with van der Waals surface area (Å²) in [4.78, 5) is 14.7. The summed E-state index contributed by atoms with van der Waals surface area (Å²) in [7, 11) is 0. The molecule has 1 amide bonds.